The molecule has 0 aromatic heterocycles. The Morgan fingerprint density at radius 2 is 1.71 bits per heavy atom. The topological polar surface area (TPSA) is 96.0 Å². The Morgan fingerprint density at radius 3 is 2.29 bits per heavy atom. The van der Waals surface area contributed by atoms with Crippen molar-refractivity contribution < 1.29 is 22.7 Å². The summed E-state index contributed by atoms with van der Waals surface area (Å²) in [6.07, 6.45) is 0.718. The number of carbonyl (C=O) groups excluding carboxylic acids is 2. The number of methoxy groups -OCH3 is 1. The van der Waals surface area contributed by atoms with Gasteiger partial charge in [0.15, 0.2) is 0 Å². The van der Waals surface area contributed by atoms with Crippen LogP contribution in [-0.2, 0) is 26.2 Å². The van der Waals surface area contributed by atoms with Gasteiger partial charge in [-0.1, -0.05) is 53.9 Å². The molecule has 3 rings (SSSR count). The van der Waals surface area contributed by atoms with Gasteiger partial charge in [0.1, 0.15) is 18.3 Å². The van der Waals surface area contributed by atoms with Crippen LogP contribution >= 0.6 is 39.1 Å². The van der Waals surface area contributed by atoms with Crippen molar-refractivity contribution in [1.29, 1.82) is 0 Å². The summed E-state index contributed by atoms with van der Waals surface area (Å²) in [6, 6.07) is 15.2. The SMILES string of the molecule is CCCNC(=O)C(C)N(Cc1ccc(Cl)c(Cl)c1)C(=O)CN(c1ccc(C)cc1)S(=O)(=O)c1ccc(OC)c(Br)c1. The summed E-state index contributed by atoms with van der Waals surface area (Å²) in [7, 11) is -2.75. The van der Waals surface area contributed by atoms with Crippen LogP contribution in [0.1, 0.15) is 31.4 Å². The number of nitrogens with one attached hydrogen (secondary N) is 1. The molecule has 8 nitrogen and oxygen atoms in total. The number of ether oxygens (including phenoxy) is 1. The molecule has 1 unspecified atom stereocenters. The molecule has 0 aliphatic carbocycles. The standard InChI is InChI=1S/C29H32BrCl2N3O5S/c1-5-14-33-29(37)20(3)34(17-21-8-12-25(31)26(32)15-21)28(36)18-35(22-9-6-19(2)7-10-22)41(38,39)23-11-13-27(40-4)24(30)16-23/h6-13,15-16,20H,5,14,17-18H2,1-4H3,(H,33,37). The Labute approximate surface area is 259 Å². The lowest BCUT2D eigenvalue weighted by molar-refractivity contribution is -0.139. The maximum absolute atomic E-state index is 14.0. The van der Waals surface area contributed by atoms with Crippen LogP contribution in [-0.4, -0.2) is 51.4 Å². The first-order chi connectivity index (χ1) is 19.4. The van der Waals surface area contributed by atoms with E-state index in [1.165, 1.54) is 30.2 Å². The molecule has 2 amide bonds. The lowest BCUT2D eigenvalue weighted by Gasteiger charge is -2.32. The van der Waals surface area contributed by atoms with Gasteiger partial charge in [-0.3, -0.25) is 13.9 Å². The van der Waals surface area contributed by atoms with Crippen LogP contribution in [0.3, 0.4) is 0 Å². The van der Waals surface area contributed by atoms with Crippen molar-refractivity contribution in [2.75, 3.05) is 24.5 Å². The van der Waals surface area contributed by atoms with Crippen LogP contribution in [0.2, 0.25) is 10.0 Å². The first-order valence-electron chi connectivity index (χ1n) is 12.8. The van der Waals surface area contributed by atoms with Gasteiger partial charge in [-0.05, 0) is 84.2 Å². The summed E-state index contributed by atoms with van der Waals surface area (Å²) in [4.78, 5) is 28.2. The van der Waals surface area contributed by atoms with E-state index in [0.29, 0.717) is 38.1 Å². The minimum atomic E-state index is -4.23. The van der Waals surface area contributed by atoms with E-state index in [1.54, 1.807) is 49.4 Å². The molecule has 0 fully saturated rings. The van der Waals surface area contributed by atoms with E-state index in [4.69, 9.17) is 27.9 Å². The van der Waals surface area contributed by atoms with Crippen LogP contribution < -0.4 is 14.4 Å². The second-order valence-corrected chi connectivity index (χ2v) is 12.9. The minimum Gasteiger partial charge on any atom is -0.496 e. The first-order valence-corrected chi connectivity index (χ1v) is 15.8. The zero-order valence-electron chi connectivity index (χ0n) is 23.2. The van der Waals surface area contributed by atoms with E-state index in [9.17, 15) is 18.0 Å². The number of halogens is 3. The molecule has 1 atom stereocenters. The van der Waals surface area contributed by atoms with Crippen molar-refractivity contribution in [3.8, 4) is 5.75 Å². The van der Waals surface area contributed by atoms with E-state index in [2.05, 4.69) is 21.2 Å². The van der Waals surface area contributed by atoms with Gasteiger partial charge in [0.05, 0.1) is 32.2 Å². The Kier molecular flexibility index (Phi) is 11.5. The zero-order valence-corrected chi connectivity index (χ0v) is 27.1. The highest BCUT2D eigenvalue weighted by atomic mass is 79.9. The molecule has 0 aliphatic heterocycles. The minimum absolute atomic E-state index is 0.00625. The molecule has 0 radical (unpaired) electrons. The molecule has 0 saturated carbocycles. The fourth-order valence-electron chi connectivity index (χ4n) is 3.99. The number of rotatable bonds is 12. The van der Waals surface area contributed by atoms with Crippen LogP contribution in [0, 0.1) is 6.92 Å². The van der Waals surface area contributed by atoms with Crippen LogP contribution in [0.5, 0.6) is 5.75 Å². The second-order valence-electron chi connectivity index (χ2n) is 9.38. The zero-order chi connectivity index (χ0) is 30.3. The largest absolute Gasteiger partial charge is 0.496 e. The Morgan fingerprint density at radius 1 is 1.02 bits per heavy atom. The average Bonchev–Trinajstić information content (AvgIpc) is 2.95. The van der Waals surface area contributed by atoms with Crippen LogP contribution in [0.4, 0.5) is 5.69 Å². The van der Waals surface area contributed by atoms with Crippen molar-refractivity contribution in [2.24, 2.45) is 0 Å². The van der Waals surface area contributed by atoms with Gasteiger partial charge in [-0.15, -0.1) is 0 Å². The summed E-state index contributed by atoms with van der Waals surface area (Å²) in [5.41, 5.74) is 1.85. The summed E-state index contributed by atoms with van der Waals surface area (Å²) >= 11 is 15.6. The number of sulfonamides is 1. The molecule has 3 aromatic carbocycles. The molecular formula is C29H32BrCl2N3O5S. The molecule has 0 saturated heterocycles. The number of hydrogen-bond acceptors (Lipinski definition) is 5. The van der Waals surface area contributed by atoms with Gasteiger partial charge in [0, 0.05) is 13.1 Å². The molecule has 1 N–H and O–H groups in total. The lowest BCUT2D eigenvalue weighted by atomic mass is 10.1. The summed E-state index contributed by atoms with van der Waals surface area (Å²) in [6.45, 7) is 5.29. The van der Waals surface area contributed by atoms with E-state index in [0.717, 1.165) is 16.3 Å². The maximum atomic E-state index is 14.0. The Hall–Kier alpha value is -2.79. The second kappa shape index (κ2) is 14.4. The third-order valence-corrected chi connectivity index (χ3v) is 9.49. The predicted molar refractivity (Wildman–Crippen MR) is 166 cm³/mol. The molecule has 0 aliphatic rings. The number of anilines is 1. The lowest BCUT2D eigenvalue weighted by Crippen LogP contribution is -2.51. The molecule has 12 heteroatoms. The number of benzene rings is 3. The monoisotopic (exact) mass is 683 g/mol. The quantitative estimate of drug-likeness (QED) is 0.245. The van der Waals surface area contributed by atoms with Crippen molar-refractivity contribution in [3.63, 3.8) is 0 Å². The highest BCUT2D eigenvalue weighted by Gasteiger charge is 2.33. The highest BCUT2D eigenvalue weighted by Crippen LogP contribution is 2.31. The molecule has 0 heterocycles. The van der Waals surface area contributed by atoms with Crippen molar-refractivity contribution in [3.05, 3.63) is 86.3 Å². The van der Waals surface area contributed by atoms with Crippen molar-refractivity contribution in [2.45, 2.75) is 44.7 Å². The predicted octanol–water partition coefficient (Wildman–Crippen LogP) is 6.21. The number of amides is 2. The number of carbonyl (C=O) groups is 2. The van der Waals surface area contributed by atoms with Gasteiger partial charge < -0.3 is 15.0 Å². The van der Waals surface area contributed by atoms with E-state index >= 15 is 0 Å². The van der Waals surface area contributed by atoms with E-state index in [-0.39, 0.29) is 17.3 Å². The number of hydrogen-bond donors (Lipinski definition) is 1. The van der Waals surface area contributed by atoms with Gasteiger partial charge in [-0.2, -0.15) is 0 Å². The molecule has 220 valence electrons. The third-order valence-electron chi connectivity index (χ3n) is 6.37. The summed E-state index contributed by atoms with van der Waals surface area (Å²) < 4.78 is 34.7. The maximum Gasteiger partial charge on any atom is 0.264 e. The molecular weight excluding hydrogens is 653 g/mol. The molecule has 0 bridgehead atoms. The van der Waals surface area contributed by atoms with Gasteiger partial charge in [-0.25, -0.2) is 8.42 Å². The van der Waals surface area contributed by atoms with Gasteiger partial charge >= 0.3 is 0 Å². The van der Waals surface area contributed by atoms with Crippen LogP contribution in [0.15, 0.2) is 70.0 Å². The third kappa shape index (κ3) is 8.16. The number of aryl methyl sites for hydroxylation is 1. The fraction of sp³-hybridized carbons (Fsp3) is 0.310. The van der Waals surface area contributed by atoms with E-state index < -0.39 is 28.5 Å². The van der Waals surface area contributed by atoms with E-state index in [1.807, 2.05) is 13.8 Å². The summed E-state index contributed by atoms with van der Waals surface area (Å²) in [5, 5.41) is 3.46. The van der Waals surface area contributed by atoms with Crippen molar-refractivity contribution >= 4 is 66.7 Å². The molecule has 3 aromatic rings. The Balaban J connectivity index is 2.05. The molecule has 0 spiro atoms. The normalized spacial score (nSPS) is 12.0. The van der Waals surface area contributed by atoms with Crippen molar-refractivity contribution in [1.82, 2.24) is 10.2 Å². The van der Waals surface area contributed by atoms with Gasteiger partial charge in [0.2, 0.25) is 11.8 Å². The number of nitrogens with zero attached hydrogens (tertiary/aromatic N) is 2. The fourth-order valence-corrected chi connectivity index (χ4v) is 6.44. The smallest absolute Gasteiger partial charge is 0.264 e. The average molecular weight is 685 g/mol. The summed E-state index contributed by atoms with van der Waals surface area (Å²) in [5.74, 6) is -0.474. The van der Waals surface area contributed by atoms with Crippen LogP contribution in [0.25, 0.3) is 0 Å². The highest BCUT2D eigenvalue weighted by molar-refractivity contribution is 9.10. The molecule has 41 heavy (non-hydrogen) atoms. The van der Waals surface area contributed by atoms with Gasteiger partial charge in [0.25, 0.3) is 10.0 Å². The Bertz CT molecular complexity index is 1500. The first kappa shape index (κ1) is 32.7.